The zero-order valence-electron chi connectivity index (χ0n) is 35.0. The van der Waals surface area contributed by atoms with Crippen LogP contribution >= 0.6 is 0 Å². The summed E-state index contributed by atoms with van der Waals surface area (Å²) in [6, 6.07) is 35.9. The first-order valence-electron chi connectivity index (χ1n) is 19.4. The lowest BCUT2D eigenvalue weighted by Gasteiger charge is -2.19. The topological polar surface area (TPSA) is 38.7 Å². The van der Waals surface area contributed by atoms with Crippen molar-refractivity contribution in [3.63, 3.8) is 0 Å². The van der Waals surface area contributed by atoms with Gasteiger partial charge in [-0.1, -0.05) is 162 Å². The van der Waals surface area contributed by atoms with Crippen LogP contribution < -0.4 is 0 Å². The fraction of sp³-hybridized carbons (Fsp3) is 0.420. The van der Waals surface area contributed by atoms with Crippen molar-refractivity contribution in [1.82, 2.24) is 15.0 Å². The second kappa shape index (κ2) is 19.6. The van der Waals surface area contributed by atoms with Crippen LogP contribution in [0.5, 0.6) is 0 Å². The van der Waals surface area contributed by atoms with Gasteiger partial charge in [-0.3, -0.25) is 15.0 Å². The summed E-state index contributed by atoms with van der Waals surface area (Å²) >= 11 is 0. The highest BCUT2D eigenvalue weighted by atomic mass is 14.7. The van der Waals surface area contributed by atoms with Crippen molar-refractivity contribution < 1.29 is 0 Å². The molecule has 0 radical (unpaired) electrons. The zero-order chi connectivity index (χ0) is 39.1. The average molecular weight is 710 g/mol. The summed E-state index contributed by atoms with van der Waals surface area (Å²) in [6.07, 6.45) is 13.2. The van der Waals surface area contributed by atoms with Gasteiger partial charge in [0, 0.05) is 41.3 Å². The monoisotopic (exact) mass is 710 g/mol. The van der Waals surface area contributed by atoms with Crippen molar-refractivity contribution in [2.75, 3.05) is 0 Å². The van der Waals surface area contributed by atoms with Crippen LogP contribution in [-0.4, -0.2) is 15.0 Å². The van der Waals surface area contributed by atoms with E-state index in [1.54, 1.807) is 0 Å². The van der Waals surface area contributed by atoms with E-state index in [2.05, 4.69) is 183 Å². The van der Waals surface area contributed by atoms with E-state index in [4.69, 9.17) is 0 Å². The first kappa shape index (κ1) is 43.0. The van der Waals surface area contributed by atoms with E-state index < -0.39 is 0 Å². The van der Waals surface area contributed by atoms with Crippen molar-refractivity contribution in [2.45, 2.75) is 115 Å². The predicted molar refractivity (Wildman–Crippen MR) is 231 cm³/mol. The number of hydrogen-bond donors (Lipinski definition) is 0. The zero-order valence-corrected chi connectivity index (χ0v) is 35.0. The third kappa shape index (κ3) is 18.3. The van der Waals surface area contributed by atoms with E-state index in [1.165, 1.54) is 45.0 Å². The molecule has 6 rings (SSSR count). The first-order chi connectivity index (χ1) is 24.8. The standard InChI is InChI=1S/2C14H17N.C11H17N.C11H16/c1-14(2,3)10-11-6-4-8-13-12(11)7-5-9-15-13;1-14(2,3)9-13-8-11-6-4-5-7-12(11)10-15-13;1-11(2,3)7-6-10-5-4-8-12-9-10;1-11(2,3)9-10-7-5-4-6-8-10/h4-9H,10H2,1-3H3;4-8,10H,9H2,1-3H3;4-5,8-9H,6-7H2,1-3H3;4-8H,9H2,1-3H3. The van der Waals surface area contributed by atoms with Crippen LogP contribution in [0.2, 0.25) is 0 Å². The summed E-state index contributed by atoms with van der Waals surface area (Å²) in [5, 5.41) is 3.79. The molecule has 3 aromatic heterocycles. The third-order valence-corrected chi connectivity index (χ3v) is 8.32. The molecule has 53 heavy (non-hydrogen) atoms. The van der Waals surface area contributed by atoms with Gasteiger partial charge in [0.1, 0.15) is 0 Å². The molecule has 0 atom stereocenters. The quantitative estimate of drug-likeness (QED) is 0.179. The van der Waals surface area contributed by atoms with E-state index >= 15 is 0 Å². The molecule has 3 heterocycles. The SMILES string of the molecule is CC(C)(C)CCc1cccnc1.CC(C)(C)Cc1cc2ccccc2cn1.CC(C)(C)Cc1cccc2ncccc12.CC(C)(C)Cc1ccccc1. The van der Waals surface area contributed by atoms with Crippen molar-refractivity contribution >= 4 is 21.7 Å². The molecule has 0 saturated heterocycles. The molecule has 0 amide bonds. The molecule has 0 bridgehead atoms. The Kier molecular flexibility index (Phi) is 15.9. The highest BCUT2D eigenvalue weighted by Crippen LogP contribution is 2.26. The van der Waals surface area contributed by atoms with Gasteiger partial charge in [0.15, 0.2) is 0 Å². The molecule has 0 aliphatic rings. The minimum absolute atomic E-state index is 0.301. The molecule has 0 spiro atoms. The molecular weight excluding hydrogens is 643 g/mol. The minimum Gasteiger partial charge on any atom is -0.264 e. The highest BCUT2D eigenvalue weighted by molar-refractivity contribution is 5.82. The molecule has 6 aromatic rings. The van der Waals surface area contributed by atoms with Crippen LogP contribution in [0.4, 0.5) is 0 Å². The molecule has 282 valence electrons. The van der Waals surface area contributed by atoms with Crippen LogP contribution in [-0.2, 0) is 25.7 Å². The number of rotatable bonds is 5. The number of hydrogen-bond acceptors (Lipinski definition) is 3. The van der Waals surface area contributed by atoms with Crippen LogP contribution in [0.25, 0.3) is 21.7 Å². The lowest BCUT2D eigenvalue weighted by Crippen LogP contribution is -2.10. The van der Waals surface area contributed by atoms with Crippen molar-refractivity contribution in [3.8, 4) is 0 Å². The Balaban J connectivity index is 0.000000192. The molecule has 3 heteroatoms. The van der Waals surface area contributed by atoms with Gasteiger partial charge in [0.05, 0.1) is 5.52 Å². The van der Waals surface area contributed by atoms with Crippen molar-refractivity contribution in [2.24, 2.45) is 21.7 Å². The van der Waals surface area contributed by atoms with Crippen LogP contribution in [0.3, 0.4) is 0 Å². The normalized spacial score (nSPS) is 11.8. The van der Waals surface area contributed by atoms with E-state index in [0.717, 1.165) is 31.2 Å². The molecule has 0 saturated carbocycles. The summed E-state index contributed by atoms with van der Waals surface area (Å²) in [7, 11) is 0. The van der Waals surface area contributed by atoms with Crippen LogP contribution in [0.15, 0.2) is 128 Å². The second-order valence-corrected chi connectivity index (χ2v) is 19.1. The number of pyridine rings is 3. The number of fused-ring (bicyclic) bond motifs is 2. The molecule has 3 aromatic carbocycles. The summed E-state index contributed by atoms with van der Waals surface area (Å²) in [4.78, 5) is 12.9. The van der Waals surface area contributed by atoms with Crippen molar-refractivity contribution in [3.05, 3.63) is 150 Å². The Bertz CT molecular complexity index is 1900. The Morgan fingerprint density at radius 1 is 0.453 bits per heavy atom. The van der Waals surface area contributed by atoms with Gasteiger partial charge >= 0.3 is 0 Å². The largest absolute Gasteiger partial charge is 0.264 e. The van der Waals surface area contributed by atoms with Gasteiger partial charge in [-0.05, 0) is 100 Å². The minimum atomic E-state index is 0.301. The van der Waals surface area contributed by atoms with Gasteiger partial charge in [0.2, 0.25) is 0 Å². The van der Waals surface area contributed by atoms with E-state index in [-0.39, 0.29) is 0 Å². The smallest absolute Gasteiger partial charge is 0.0704 e. The maximum Gasteiger partial charge on any atom is 0.0704 e. The summed E-state index contributed by atoms with van der Waals surface area (Å²) in [6.45, 7) is 27.1. The molecule has 0 aliphatic carbocycles. The predicted octanol–water partition coefficient (Wildman–Crippen LogP) is 14.0. The number of aromatic nitrogens is 3. The second-order valence-electron chi connectivity index (χ2n) is 19.1. The Morgan fingerprint density at radius 3 is 1.66 bits per heavy atom. The Morgan fingerprint density at radius 2 is 1.06 bits per heavy atom. The average Bonchev–Trinajstić information content (AvgIpc) is 3.07. The lowest BCUT2D eigenvalue weighted by molar-refractivity contribution is 0.378. The van der Waals surface area contributed by atoms with Gasteiger partial charge in [-0.2, -0.15) is 0 Å². The maximum atomic E-state index is 4.49. The van der Waals surface area contributed by atoms with E-state index in [1.807, 2.05) is 43.0 Å². The Hall–Kier alpha value is -4.37. The number of aryl methyl sites for hydroxylation is 1. The summed E-state index contributed by atoms with van der Waals surface area (Å²) in [5.74, 6) is 0. The van der Waals surface area contributed by atoms with Gasteiger partial charge < -0.3 is 0 Å². The first-order valence-corrected chi connectivity index (χ1v) is 19.4. The maximum absolute atomic E-state index is 4.49. The van der Waals surface area contributed by atoms with Gasteiger partial charge in [-0.15, -0.1) is 0 Å². The Labute approximate surface area is 322 Å². The fourth-order valence-corrected chi connectivity index (χ4v) is 5.94. The van der Waals surface area contributed by atoms with Gasteiger partial charge in [0.25, 0.3) is 0 Å². The fourth-order valence-electron chi connectivity index (χ4n) is 5.94. The molecule has 0 N–H and O–H groups in total. The molecule has 0 fully saturated rings. The highest BCUT2D eigenvalue weighted by Gasteiger charge is 2.14. The van der Waals surface area contributed by atoms with E-state index in [9.17, 15) is 0 Å². The lowest BCUT2D eigenvalue weighted by atomic mass is 9.87. The molecule has 3 nitrogen and oxygen atoms in total. The summed E-state index contributed by atoms with van der Waals surface area (Å²) < 4.78 is 0. The number of benzene rings is 3. The van der Waals surface area contributed by atoms with Gasteiger partial charge in [-0.25, -0.2) is 0 Å². The van der Waals surface area contributed by atoms with Crippen LogP contribution in [0.1, 0.15) is 112 Å². The molecule has 0 unspecified atom stereocenters. The molecule has 0 aliphatic heterocycles. The third-order valence-electron chi connectivity index (χ3n) is 8.32. The number of nitrogens with zero attached hydrogens (tertiary/aromatic N) is 3. The molecular formula is C50H67N3. The van der Waals surface area contributed by atoms with E-state index in [0.29, 0.717) is 21.7 Å². The van der Waals surface area contributed by atoms with Crippen LogP contribution in [0, 0.1) is 21.7 Å². The summed E-state index contributed by atoms with van der Waals surface area (Å²) in [5.41, 5.74) is 7.90. The van der Waals surface area contributed by atoms with Crippen molar-refractivity contribution in [1.29, 1.82) is 0 Å².